The number of nitrogens with one attached hydrogen (secondary N) is 2. The first-order chi connectivity index (χ1) is 15.2. The normalized spacial score (nSPS) is 20.4. The lowest BCUT2D eigenvalue weighted by Crippen LogP contribution is -2.39. The molecule has 2 N–H and O–H groups in total. The maximum Gasteiger partial charge on any atom is 0.322 e. The topological polar surface area (TPSA) is 92.8 Å². The largest absolute Gasteiger partial charge is 0.376 e. The second-order valence-electron chi connectivity index (χ2n) is 7.88. The van der Waals surface area contributed by atoms with Crippen molar-refractivity contribution < 1.29 is 19.1 Å². The van der Waals surface area contributed by atoms with Crippen LogP contribution in [0, 0.1) is 0 Å². The van der Waals surface area contributed by atoms with Crippen LogP contribution in [0.1, 0.15) is 31.2 Å². The second-order valence-corrected chi connectivity index (χ2v) is 7.88. The number of urea groups is 1. The van der Waals surface area contributed by atoms with Crippen molar-refractivity contribution in [3.05, 3.63) is 54.4 Å². The van der Waals surface area contributed by atoms with Crippen LogP contribution in [0.4, 0.5) is 16.2 Å². The van der Waals surface area contributed by atoms with E-state index in [1.165, 1.54) is 0 Å². The van der Waals surface area contributed by atoms with E-state index in [4.69, 9.17) is 9.47 Å². The number of ether oxygens (including phenoxy) is 2. The molecule has 2 aromatic rings. The van der Waals surface area contributed by atoms with E-state index < -0.39 is 0 Å². The summed E-state index contributed by atoms with van der Waals surface area (Å²) >= 11 is 0. The van der Waals surface area contributed by atoms with Crippen LogP contribution in [0.15, 0.2) is 48.8 Å². The molecule has 0 spiro atoms. The number of carbonyl (C=O) groups excluding carboxylic acids is 2. The molecule has 8 heteroatoms. The summed E-state index contributed by atoms with van der Waals surface area (Å²) in [5.41, 5.74) is 2.29. The van der Waals surface area contributed by atoms with Gasteiger partial charge in [-0.2, -0.15) is 0 Å². The molecule has 0 unspecified atom stereocenters. The Kier molecular flexibility index (Phi) is 7.11. The monoisotopic (exact) mass is 424 g/mol. The zero-order valence-corrected chi connectivity index (χ0v) is 17.5. The van der Waals surface area contributed by atoms with Gasteiger partial charge in [-0.25, -0.2) is 4.79 Å². The van der Waals surface area contributed by atoms with Crippen molar-refractivity contribution >= 4 is 23.3 Å². The van der Waals surface area contributed by atoms with Crippen LogP contribution in [-0.2, 0) is 20.8 Å². The number of carbonyl (C=O) groups is 2. The number of amides is 3. The molecule has 8 nitrogen and oxygen atoms in total. The lowest BCUT2D eigenvalue weighted by atomic mass is 10.2. The zero-order chi connectivity index (χ0) is 21.5. The molecule has 1 aromatic carbocycles. The van der Waals surface area contributed by atoms with Gasteiger partial charge in [0.1, 0.15) is 6.10 Å². The minimum absolute atomic E-state index is 0.0535. The van der Waals surface area contributed by atoms with E-state index in [1.807, 2.05) is 12.1 Å². The average Bonchev–Trinajstić information content (AvgIpc) is 3.50. The van der Waals surface area contributed by atoms with E-state index in [0.29, 0.717) is 31.1 Å². The fraction of sp³-hybridized carbons (Fsp3) is 0.435. The van der Waals surface area contributed by atoms with E-state index >= 15 is 0 Å². The van der Waals surface area contributed by atoms with Crippen molar-refractivity contribution in [2.75, 3.05) is 30.4 Å². The molecular formula is C23H28N4O4. The molecule has 2 aliphatic rings. The number of rotatable bonds is 7. The smallest absolute Gasteiger partial charge is 0.322 e. The second kappa shape index (κ2) is 10.4. The van der Waals surface area contributed by atoms with Gasteiger partial charge in [-0.05, 0) is 61.6 Å². The van der Waals surface area contributed by atoms with Gasteiger partial charge in [0.25, 0.3) is 5.91 Å². The van der Waals surface area contributed by atoms with Crippen LogP contribution >= 0.6 is 0 Å². The number of nitrogens with zero attached hydrogens (tertiary/aromatic N) is 2. The molecule has 0 saturated carbocycles. The van der Waals surface area contributed by atoms with Crippen molar-refractivity contribution in [2.45, 2.75) is 44.4 Å². The molecule has 31 heavy (non-hydrogen) atoms. The molecule has 3 heterocycles. The highest BCUT2D eigenvalue weighted by atomic mass is 16.5. The van der Waals surface area contributed by atoms with Crippen molar-refractivity contribution in [3.63, 3.8) is 0 Å². The summed E-state index contributed by atoms with van der Waals surface area (Å²) in [5, 5.41) is 5.80. The first-order valence-electron chi connectivity index (χ1n) is 10.8. The minimum Gasteiger partial charge on any atom is -0.376 e. The predicted octanol–water partition coefficient (Wildman–Crippen LogP) is 3.41. The number of benzene rings is 1. The molecule has 2 fully saturated rings. The van der Waals surface area contributed by atoms with E-state index in [0.717, 1.165) is 37.9 Å². The Labute approximate surface area is 181 Å². The highest BCUT2D eigenvalue weighted by Gasteiger charge is 2.24. The minimum atomic E-state index is -0.377. The molecule has 4 rings (SSSR count). The summed E-state index contributed by atoms with van der Waals surface area (Å²) in [6.07, 6.45) is 6.79. The van der Waals surface area contributed by atoms with Gasteiger partial charge in [-0.1, -0.05) is 6.07 Å². The molecule has 164 valence electrons. The highest BCUT2D eigenvalue weighted by molar-refractivity contribution is 5.95. The Bertz CT molecular complexity index is 863. The summed E-state index contributed by atoms with van der Waals surface area (Å²) in [7, 11) is 0. The number of hydrogen-bond donors (Lipinski definition) is 2. The van der Waals surface area contributed by atoms with Crippen LogP contribution in [0.2, 0.25) is 0 Å². The number of anilines is 2. The molecule has 2 saturated heterocycles. The summed E-state index contributed by atoms with van der Waals surface area (Å²) in [5.74, 6) is -0.131. The third-order valence-electron chi connectivity index (χ3n) is 5.46. The lowest BCUT2D eigenvalue weighted by molar-refractivity contribution is -0.124. The Hall–Kier alpha value is -2.97. The SMILES string of the molecule is O=C(Nc1ccc(NC(=O)N(Cc2cccnc2)C[C@@H]2CCCO2)cc1)[C@H]1CCCO1. The maximum atomic E-state index is 13.0. The molecule has 0 radical (unpaired) electrons. The lowest BCUT2D eigenvalue weighted by Gasteiger charge is -2.26. The van der Waals surface area contributed by atoms with Gasteiger partial charge in [-0.15, -0.1) is 0 Å². The Morgan fingerprint density at radius 3 is 2.39 bits per heavy atom. The van der Waals surface area contributed by atoms with Gasteiger partial charge < -0.3 is 25.0 Å². The summed E-state index contributed by atoms with van der Waals surface area (Å²) in [6, 6.07) is 10.7. The molecule has 2 aliphatic heterocycles. The summed E-state index contributed by atoms with van der Waals surface area (Å²) in [6.45, 7) is 2.35. The fourth-order valence-corrected chi connectivity index (χ4v) is 3.81. The van der Waals surface area contributed by atoms with Gasteiger partial charge in [0, 0.05) is 50.1 Å². The average molecular weight is 425 g/mol. The maximum absolute atomic E-state index is 13.0. The molecule has 0 bridgehead atoms. The van der Waals surface area contributed by atoms with Gasteiger partial charge >= 0.3 is 6.03 Å². The molecular weight excluding hydrogens is 396 g/mol. The van der Waals surface area contributed by atoms with Gasteiger partial charge in [-0.3, -0.25) is 9.78 Å². The van der Waals surface area contributed by atoms with Gasteiger partial charge in [0.15, 0.2) is 0 Å². The number of pyridine rings is 1. The van der Waals surface area contributed by atoms with E-state index in [9.17, 15) is 9.59 Å². The number of aromatic nitrogens is 1. The summed E-state index contributed by atoms with van der Waals surface area (Å²) < 4.78 is 11.1. The van der Waals surface area contributed by atoms with Crippen molar-refractivity contribution in [3.8, 4) is 0 Å². The van der Waals surface area contributed by atoms with Crippen molar-refractivity contribution in [1.82, 2.24) is 9.88 Å². The summed E-state index contributed by atoms with van der Waals surface area (Å²) in [4.78, 5) is 31.1. The van der Waals surface area contributed by atoms with Crippen LogP contribution in [0.25, 0.3) is 0 Å². The van der Waals surface area contributed by atoms with Gasteiger partial charge in [0.2, 0.25) is 0 Å². The molecule has 3 amide bonds. The van der Waals surface area contributed by atoms with E-state index in [2.05, 4.69) is 15.6 Å². The molecule has 2 atom stereocenters. The fourth-order valence-electron chi connectivity index (χ4n) is 3.81. The van der Waals surface area contributed by atoms with Crippen molar-refractivity contribution in [1.29, 1.82) is 0 Å². The van der Waals surface area contributed by atoms with Crippen molar-refractivity contribution in [2.24, 2.45) is 0 Å². The predicted molar refractivity (Wildman–Crippen MR) is 117 cm³/mol. The highest BCUT2D eigenvalue weighted by Crippen LogP contribution is 2.19. The number of hydrogen-bond acceptors (Lipinski definition) is 5. The quantitative estimate of drug-likeness (QED) is 0.711. The standard InChI is InChI=1S/C23H28N4O4/c28-22(21-6-3-13-31-21)25-18-7-9-19(10-8-18)26-23(29)27(16-20-5-2-12-30-20)15-17-4-1-11-24-14-17/h1,4,7-11,14,20-21H,2-3,5-6,12-13,15-16H2,(H,25,28)(H,26,29)/t20-,21+/m0/s1. The van der Waals surface area contributed by atoms with Gasteiger partial charge in [0.05, 0.1) is 6.10 Å². The van der Waals surface area contributed by atoms with Crippen LogP contribution in [0.3, 0.4) is 0 Å². The van der Waals surface area contributed by atoms with Crippen LogP contribution in [-0.4, -0.2) is 53.8 Å². The molecule has 1 aromatic heterocycles. The zero-order valence-electron chi connectivity index (χ0n) is 17.5. The Morgan fingerprint density at radius 2 is 1.74 bits per heavy atom. The Morgan fingerprint density at radius 1 is 1.00 bits per heavy atom. The third kappa shape index (κ3) is 6.02. The van der Waals surface area contributed by atoms with E-state index in [-0.39, 0.29) is 24.1 Å². The Balaban J connectivity index is 1.36. The van der Waals surface area contributed by atoms with Crippen LogP contribution < -0.4 is 10.6 Å². The van der Waals surface area contributed by atoms with E-state index in [1.54, 1.807) is 41.6 Å². The third-order valence-corrected chi connectivity index (χ3v) is 5.46. The van der Waals surface area contributed by atoms with Crippen LogP contribution in [0.5, 0.6) is 0 Å². The molecule has 0 aliphatic carbocycles. The first-order valence-corrected chi connectivity index (χ1v) is 10.8. The first kappa shape index (κ1) is 21.3.